The number of carbonyl (C=O) groups excluding carboxylic acids is 1. The molecule has 0 bridgehead atoms. The summed E-state index contributed by atoms with van der Waals surface area (Å²) < 4.78 is 5.23. The largest absolute Gasteiger partial charge is 0.495 e. The molecule has 0 spiro atoms. The van der Waals surface area contributed by atoms with Crippen molar-refractivity contribution in [3.63, 3.8) is 0 Å². The Labute approximate surface area is 116 Å². The maximum Gasteiger partial charge on any atom is 0.258 e. The van der Waals surface area contributed by atoms with E-state index in [2.05, 4.69) is 10.3 Å². The van der Waals surface area contributed by atoms with Crippen LogP contribution < -0.4 is 10.1 Å². The van der Waals surface area contributed by atoms with Gasteiger partial charge in [-0.1, -0.05) is 17.7 Å². The molecule has 5 heteroatoms. The van der Waals surface area contributed by atoms with Gasteiger partial charge in [0.15, 0.2) is 0 Å². The molecule has 1 heterocycles. The van der Waals surface area contributed by atoms with Crippen molar-refractivity contribution >= 4 is 23.2 Å². The van der Waals surface area contributed by atoms with Crippen LogP contribution >= 0.6 is 11.6 Å². The Morgan fingerprint density at radius 2 is 2.16 bits per heavy atom. The minimum atomic E-state index is -0.319. The second-order valence-corrected chi connectivity index (χ2v) is 4.42. The number of pyridine rings is 1. The molecule has 0 fully saturated rings. The van der Waals surface area contributed by atoms with Crippen molar-refractivity contribution in [1.29, 1.82) is 0 Å². The van der Waals surface area contributed by atoms with E-state index >= 15 is 0 Å². The first-order chi connectivity index (χ1) is 9.11. The van der Waals surface area contributed by atoms with Gasteiger partial charge < -0.3 is 10.1 Å². The fourth-order valence-electron chi connectivity index (χ4n) is 1.64. The zero-order chi connectivity index (χ0) is 13.8. The van der Waals surface area contributed by atoms with E-state index in [1.165, 1.54) is 12.4 Å². The molecule has 1 aromatic carbocycles. The summed E-state index contributed by atoms with van der Waals surface area (Å²) in [5.74, 6) is 0.286. The number of aromatic nitrogens is 1. The van der Waals surface area contributed by atoms with Gasteiger partial charge in [-0.05, 0) is 30.7 Å². The number of methoxy groups -OCH3 is 1. The second kappa shape index (κ2) is 5.71. The molecule has 0 saturated carbocycles. The number of aryl methyl sites for hydroxylation is 1. The molecule has 1 amide bonds. The summed E-state index contributed by atoms with van der Waals surface area (Å²) in [5.41, 5.74) is 1.97. The van der Waals surface area contributed by atoms with Crippen LogP contribution in [-0.2, 0) is 0 Å². The van der Waals surface area contributed by atoms with Crippen LogP contribution in [0.3, 0.4) is 0 Å². The lowest BCUT2D eigenvalue weighted by molar-refractivity contribution is 0.102. The molecule has 19 heavy (non-hydrogen) atoms. The Morgan fingerprint density at radius 1 is 1.37 bits per heavy atom. The highest BCUT2D eigenvalue weighted by Gasteiger charge is 2.12. The van der Waals surface area contributed by atoms with Crippen LogP contribution in [0.15, 0.2) is 36.7 Å². The van der Waals surface area contributed by atoms with Crippen molar-refractivity contribution < 1.29 is 9.53 Å². The Kier molecular flexibility index (Phi) is 4.02. The molecule has 2 rings (SSSR count). The van der Waals surface area contributed by atoms with E-state index in [4.69, 9.17) is 16.3 Å². The highest BCUT2D eigenvalue weighted by molar-refractivity contribution is 6.34. The lowest BCUT2D eigenvalue weighted by atomic mass is 10.2. The minimum absolute atomic E-state index is 0.319. The summed E-state index contributed by atoms with van der Waals surface area (Å²) in [4.78, 5) is 16.0. The van der Waals surface area contributed by atoms with Crippen LogP contribution in [-0.4, -0.2) is 18.0 Å². The lowest BCUT2D eigenvalue weighted by Gasteiger charge is -2.11. The Morgan fingerprint density at radius 3 is 2.84 bits per heavy atom. The molecule has 1 aromatic heterocycles. The Bertz CT molecular complexity index is 614. The van der Waals surface area contributed by atoms with Gasteiger partial charge in [0.05, 0.1) is 23.4 Å². The van der Waals surface area contributed by atoms with Crippen LogP contribution in [0.2, 0.25) is 5.02 Å². The van der Waals surface area contributed by atoms with Crippen LogP contribution in [0.25, 0.3) is 0 Å². The van der Waals surface area contributed by atoms with Gasteiger partial charge in [0.2, 0.25) is 0 Å². The normalized spacial score (nSPS) is 10.1. The van der Waals surface area contributed by atoms with Crippen molar-refractivity contribution in [2.75, 3.05) is 12.4 Å². The van der Waals surface area contributed by atoms with Gasteiger partial charge in [-0.3, -0.25) is 9.78 Å². The molecule has 0 unspecified atom stereocenters. The first-order valence-corrected chi connectivity index (χ1v) is 6.05. The first kappa shape index (κ1) is 13.4. The van der Waals surface area contributed by atoms with Crippen molar-refractivity contribution in [2.45, 2.75) is 6.92 Å². The van der Waals surface area contributed by atoms with Gasteiger partial charge >= 0.3 is 0 Å². The van der Waals surface area contributed by atoms with Crippen LogP contribution in [0.1, 0.15) is 15.9 Å². The molecule has 98 valence electrons. The molecule has 0 atom stereocenters. The smallest absolute Gasteiger partial charge is 0.258 e. The Balaban J connectivity index is 2.27. The zero-order valence-corrected chi connectivity index (χ0v) is 11.4. The number of hydrogen-bond donors (Lipinski definition) is 1. The average molecular weight is 277 g/mol. The molecule has 0 aliphatic heterocycles. The van der Waals surface area contributed by atoms with E-state index in [-0.39, 0.29) is 5.91 Å². The predicted octanol–water partition coefficient (Wildman–Crippen LogP) is 3.30. The van der Waals surface area contributed by atoms with Gasteiger partial charge in [0.1, 0.15) is 5.75 Å². The molecule has 0 saturated heterocycles. The third kappa shape index (κ3) is 3.03. The summed E-state index contributed by atoms with van der Waals surface area (Å²) in [5, 5.41) is 3.12. The van der Waals surface area contributed by atoms with Crippen molar-refractivity contribution in [2.24, 2.45) is 0 Å². The summed E-state index contributed by atoms with van der Waals surface area (Å²) >= 11 is 5.95. The number of halogens is 1. The van der Waals surface area contributed by atoms with Crippen molar-refractivity contribution in [3.8, 4) is 5.75 Å². The van der Waals surface area contributed by atoms with Crippen molar-refractivity contribution in [1.82, 2.24) is 4.98 Å². The fraction of sp³-hybridized carbons (Fsp3) is 0.143. The zero-order valence-electron chi connectivity index (χ0n) is 10.6. The molecular formula is C14H13ClN2O2. The fourth-order valence-corrected chi connectivity index (χ4v) is 1.83. The number of carbonyl (C=O) groups is 1. The maximum absolute atomic E-state index is 12.1. The van der Waals surface area contributed by atoms with Crippen molar-refractivity contribution in [3.05, 3.63) is 52.8 Å². The number of hydrogen-bond acceptors (Lipinski definition) is 3. The third-order valence-corrected chi connectivity index (χ3v) is 2.95. The molecule has 0 aliphatic carbocycles. The van der Waals surface area contributed by atoms with E-state index in [0.717, 1.165) is 5.56 Å². The molecule has 1 N–H and O–H groups in total. The lowest BCUT2D eigenvalue weighted by Crippen LogP contribution is -2.13. The first-order valence-electron chi connectivity index (χ1n) is 5.67. The number of ether oxygens (including phenoxy) is 1. The van der Waals surface area contributed by atoms with Gasteiger partial charge in [-0.15, -0.1) is 0 Å². The quantitative estimate of drug-likeness (QED) is 0.936. The minimum Gasteiger partial charge on any atom is -0.495 e. The standard InChI is InChI=1S/C14H13ClN2O2/c1-9-3-4-12(13(7-9)19-2)17-14(18)10-8-16-6-5-11(10)15/h3-8H,1-2H3,(H,17,18). The maximum atomic E-state index is 12.1. The number of nitrogens with zero attached hydrogens (tertiary/aromatic N) is 1. The molecule has 0 aliphatic rings. The summed E-state index contributed by atoms with van der Waals surface area (Å²) in [6.45, 7) is 1.95. The number of benzene rings is 1. The van der Waals surface area contributed by atoms with E-state index < -0.39 is 0 Å². The van der Waals surface area contributed by atoms with Crippen LogP contribution in [0.4, 0.5) is 5.69 Å². The van der Waals surface area contributed by atoms with Crippen LogP contribution in [0.5, 0.6) is 5.75 Å². The summed E-state index contributed by atoms with van der Waals surface area (Å²) in [7, 11) is 1.56. The van der Waals surface area contributed by atoms with E-state index in [1.54, 1.807) is 19.2 Å². The molecule has 0 radical (unpaired) electrons. The second-order valence-electron chi connectivity index (χ2n) is 4.01. The van der Waals surface area contributed by atoms with Gasteiger partial charge in [0.25, 0.3) is 5.91 Å². The van der Waals surface area contributed by atoms with Gasteiger partial charge in [0, 0.05) is 12.4 Å². The topological polar surface area (TPSA) is 51.2 Å². The van der Waals surface area contributed by atoms with E-state index in [0.29, 0.717) is 22.0 Å². The molecule has 2 aromatic rings. The van der Waals surface area contributed by atoms with Gasteiger partial charge in [-0.25, -0.2) is 0 Å². The number of anilines is 1. The highest BCUT2D eigenvalue weighted by atomic mass is 35.5. The highest BCUT2D eigenvalue weighted by Crippen LogP contribution is 2.26. The number of amides is 1. The van der Waals surface area contributed by atoms with Crippen LogP contribution in [0, 0.1) is 6.92 Å². The van der Waals surface area contributed by atoms with Gasteiger partial charge in [-0.2, -0.15) is 0 Å². The Hall–Kier alpha value is -2.07. The average Bonchev–Trinajstić information content (AvgIpc) is 2.41. The van der Waals surface area contributed by atoms with E-state index in [9.17, 15) is 4.79 Å². The van der Waals surface area contributed by atoms with E-state index in [1.807, 2.05) is 19.1 Å². The third-order valence-electron chi connectivity index (χ3n) is 2.62. The SMILES string of the molecule is COc1cc(C)ccc1NC(=O)c1cnccc1Cl. The monoisotopic (exact) mass is 276 g/mol. The summed E-state index contributed by atoms with van der Waals surface area (Å²) in [6.07, 6.45) is 2.96. The molecule has 4 nitrogen and oxygen atoms in total. The molecular weight excluding hydrogens is 264 g/mol. The number of nitrogens with one attached hydrogen (secondary N) is 1. The summed E-state index contributed by atoms with van der Waals surface area (Å²) in [6, 6.07) is 7.10. The number of rotatable bonds is 3. The predicted molar refractivity (Wildman–Crippen MR) is 74.9 cm³/mol.